The lowest BCUT2D eigenvalue weighted by atomic mass is 10.1. The van der Waals surface area contributed by atoms with Crippen LogP contribution >= 0.6 is 15.9 Å². The van der Waals surface area contributed by atoms with Gasteiger partial charge in [0, 0.05) is 34.0 Å². The third-order valence-electron chi connectivity index (χ3n) is 3.26. The van der Waals surface area contributed by atoms with Crippen molar-refractivity contribution in [2.75, 3.05) is 5.32 Å². The lowest BCUT2D eigenvalue weighted by Gasteiger charge is -2.14. The molecule has 0 aliphatic carbocycles. The second-order valence-electron chi connectivity index (χ2n) is 4.67. The molecule has 0 bridgehead atoms. The first-order chi connectivity index (χ1) is 9.52. The number of aromatic nitrogens is 1. The summed E-state index contributed by atoms with van der Waals surface area (Å²) >= 11 is 3.44. The van der Waals surface area contributed by atoms with E-state index < -0.39 is 0 Å². The Morgan fingerprint density at radius 2 is 2.05 bits per heavy atom. The van der Waals surface area contributed by atoms with E-state index in [0.717, 1.165) is 15.7 Å². The highest BCUT2D eigenvalue weighted by molar-refractivity contribution is 9.10. The number of rotatable bonds is 4. The van der Waals surface area contributed by atoms with E-state index in [4.69, 9.17) is 0 Å². The minimum Gasteiger partial charge on any atom is -0.506 e. The van der Waals surface area contributed by atoms with Gasteiger partial charge < -0.3 is 15.5 Å². The van der Waals surface area contributed by atoms with Crippen LogP contribution in [-0.2, 0) is 13.2 Å². The molecule has 0 unspecified atom stereocenters. The average molecular weight is 337 g/mol. The van der Waals surface area contributed by atoms with Crippen molar-refractivity contribution in [3.8, 4) is 5.75 Å². The first-order valence-corrected chi connectivity index (χ1v) is 7.09. The summed E-state index contributed by atoms with van der Waals surface area (Å²) in [6.07, 6.45) is 1.60. The molecule has 2 rings (SSSR count). The summed E-state index contributed by atoms with van der Waals surface area (Å²) in [5, 5.41) is 22.7. The highest BCUT2D eigenvalue weighted by atomic mass is 79.9. The molecule has 0 atom stereocenters. The van der Waals surface area contributed by atoms with Crippen LogP contribution in [0.2, 0.25) is 0 Å². The number of hydrogen-bond donors (Lipinski definition) is 3. The van der Waals surface area contributed by atoms with Gasteiger partial charge in [-0.25, -0.2) is 0 Å². The third kappa shape index (κ3) is 3.11. The minimum absolute atomic E-state index is 0.136. The van der Waals surface area contributed by atoms with Gasteiger partial charge in [-0.3, -0.25) is 4.98 Å². The molecule has 0 aliphatic rings. The van der Waals surface area contributed by atoms with Crippen molar-refractivity contribution in [1.29, 1.82) is 0 Å². The Hall–Kier alpha value is -1.59. The molecule has 3 N–H and O–H groups in total. The van der Waals surface area contributed by atoms with Crippen LogP contribution in [0.4, 0.5) is 5.69 Å². The van der Waals surface area contributed by atoms with E-state index in [1.165, 1.54) is 0 Å². The van der Waals surface area contributed by atoms with Crippen molar-refractivity contribution in [3.63, 3.8) is 0 Å². The van der Waals surface area contributed by atoms with Crippen molar-refractivity contribution in [1.82, 2.24) is 4.98 Å². The van der Waals surface area contributed by atoms with Crippen LogP contribution in [0.5, 0.6) is 5.75 Å². The Balaban J connectivity index is 2.27. The highest BCUT2D eigenvalue weighted by Crippen LogP contribution is 2.26. The number of aliphatic hydroxyl groups is 1. The van der Waals surface area contributed by atoms with E-state index in [2.05, 4.69) is 26.2 Å². The van der Waals surface area contributed by atoms with E-state index in [9.17, 15) is 10.2 Å². The number of aromatic hydroxyl groups is 1. The van der Waals surface area contributed by atoms with Crippen LogP contribution < -0.4 is 5.32 Å². The Bertz CT molecular complexity index is 630. The minimum atomic E-state index is -0.144. The van der Waals surface area contributed by atoms with Crippen molar-refractivity contribution in [2.24, 2.45) is 0 Å². The smallest absolute Gasteiger partial charge is 0.142 e. The van der Waals surface area contributed by atoms with E-state index >= 15 is 0 Å². The number of hydrogen-bond acceptors (Lipinski definition) is 4. The van der Waals surface area contributed by atoms with Crippen LogP contribution in [0.15, 0.2) is 28.9 Å². The van der Waals surface area contributed by atoms with Crippen LogP contribution in [-0.4, -0.2) is 15.2 Å². The number of anilines is 1. The maximum absolute atomic E-state index is 10.1. The SMILES string of the molecule is Cc1ccc(Br)cc1NCc1c(CO)cnc(C)c1O. The molecule has 1 aromatic heterocycles. The molecule has 2 aromatic rings. The molecule has 0 radical (unpaired) electrons. The van der Waals surface area contributed by atoms with Gasteiger partial charge in [0.1, 0.15) is 5.75 Å². The zero-order valence-electron chi connectivity index (χ0n) is 11.4. The van der Waals surface area contributed by atoms with Crippen LogP contribution in [0.25, 0.3) is 0 Å². The summed E-state index contributed by atoms with van der Waals surface area (Å²) < 4.78 is 0.989. The fraction of sp³-hybridized carbons (Fsp3) is 0.267. The molecular weight excluding hydrogens is 320 g/mol. The van der Waals surface area contributed by atoms with Gasteiger partial charge in [0.15, 0.2) is 0 Å². The zero-order valence-corrected chi connectivity index (χ0v) is 13.0. The Morgan fingerprint density at radius 3 is 2.75 bits per heavy atom. The number of nitrogens with one attached hydrogen (secondary N) is 1. The Kier molecular flexibility index (Phi) is 4.62. The van der Waals surface area contributed by atoms with E-state index in [0.29, 0.717) is 23.4 Å². The number of halogens is 1. The predicted octanol–water partition coefficient (Wildman–Crippen LogP) is 3.27. The summed E-state index contributed by atoms with van der Waals surface area (Å²) in [6, 6.07) is 5.98. The summed E-state index contributed by atoms with van der Waals surface area (Å²) in [4.78, 5) is 4.05. The van der Waals surface area contributed by atoms with E-state index in [1.54, 1.807) is 13.1 Å². The lowest BCUT2D eigenvalue weighted by molar-refractivity contribution is 0.279. The topological polar surface area (TPSA) is 65.4 Å². The summed E-state index contributed by atoms with van der Waals surface area (Å²) in [5.41, 5.74) is 3.97. The number of aryl methyl sites for hydroxylation is 2. The third-order valence-corrected chi connectivity index (χ3v) is 3.75. The molecule has 0 saturated heterocycles. The highest BCUT2D eigenvalue weighted by Gasteiger charge is 2.11. The quantitative estimate of drug-likeness (QED) is 0.801. The maximum atomic E-state index is 10.1. The van der Waals surface area contributed by atoms with Gasteiger partial charge in [0.2, 0.25) is 0 Å². The van der Waals surface area contributed by atoms with E-state index in [1.807, 2.05) is 25.1 Å². The number of nitrogens with zero attached hydrogens (tertiary/aromatic N) is 1. The van der Waals surface area contributed by atoms with Gasteiger partial charge in [0.05, 0.1) is 12.3 Å². The first-order valence-electron chi connectivity index (χ1n) is 6.30. The average Bonchev–Trinajstić information content (AvgIpc) is 2.44. The molecule has 1 heterocycles. The summed E-state index contributed by atoms with van der Waals surface area (Å²) in [7, 11) is 0. The zero-order chi connectivity index (χ0) is 14.7. The largest absolute Gasteiger partial charge is 0.506 e. The summed E-state index contributed by atoms with van der Waals surface area (Å²) in [6.45, 7) is 4.04. The fourth-order valence-electron chi connectivity index (χ4n) is 1.99. The molecule has 4 nitrogen and oxygen atoms in total. The molecule has 0 fully saturated rings. The van der Waals surface area contributed by atoms with Crippen molar-refractivity contribution in [2.45, 2.75) is 27.0 Å². The molecule has 0 saturated carbocycles. The number of pyridine rings is 1. The number of aliphatic hydroxyl groups excluding tert-OH is 1. The molecule has 20 heavy (non-hydrogen) atoms. The van der Waals surface area contributed by atoms with Crippen LogP contribution in [0.3, 0.4) is 0 Å². The first kappa shape index (κ1) is 14.8. The van der Waals surface area contributed by atoms with Crippen molar-refractivity contribution < 1.29 is 10.2 Å². The molecule has 106 valence electrons. The van der Waals surface area contributed by atoms with Gasteiger partial charge in [-0.05, 0) is 31.5 Å². The molecule has 0 aliphatic heterocycles. The Morgan fingerprint density at radius 1 is 1.30 bits per heavy atom. The van der Waals surface area contributed by atoms with Crippen LogP contribution in [0.1, 0.15) is 22.4 Å². The number of benzene rings is 1. The monoisotopic (exact) mass is 336 g/mol. The van der Waals surface area contributed by atoms with Gasteiger partial charge in [-0.2, -0.15) is 0 Å². The van der Waals surface area contributed by atoms with Gasteiger partial charge in [-0.1, -0.05) is 22.0 Å². The second kappa shape index (κ2) is 6.24. The van der Waals surface area contributed by atoms with Gasteiger partial charge >= 0.3 is 0 Å². The van der Waals surface area contributed by atoms with Gasteiger partial charge in [0.25, 0.3) is 0 Å². The molecule has 1 aromatic carbocycles. The molecule has 0 spiro atoms. The van der Waals surface area contributed by atoms with Gasteiger partial charge in [-0.15, -0.1) is 0 Å². The van der Waals surface area contributed by atoms with Crippen molar-refractivity contribution >= 4 is 21.6 Å². The Labute approximate surface area is 126 Å². The second-order valence-corrected chi connectivity index (χ2v) is 5.58. The molecule has 5 heteroatoms. The van der Waals surface area contributed by atoms with E-state index in [-0.39, 0.29) is 12.4 Å². The maximum Gasteiger partial charge on any atom is 0.142 e. The molecule has 0 amide bonds. The van der Waals surface area contributed by atoms with Crippen LogP contribution in [0, 0.1) is 13.8 Å². The standard InChI is InChI=1S/C15H17BrN2O2/c1-9-3-4-12(16)5-14(9)18-7-13-11(8-19)6-17-10(2)15(13)20/h3-6,18-20H,7-8H2,1-2H3. The predicted molar refractivity (Wildman–Crippen MR) is 82.8 cm³/mol. The molecular formula is C15H17BrN2O2. The summed E-state index contributed by atoms with van der Waals surface area (Å²) in [5.74, 6) is 0.136. The van der Waals surface area contributed by atoms with Crippen molar-refractivity contribution in [3.05, 3.63) is 51.3 Å². The normalized spacial score (nSPS) is 10.6. The fourth-order valence-corrected chi connectivity index (χ4v) is 2.35. The lowest BCUT2D eigenvalue weighted by Crippen LogP contribution is -2.06.